The number of rotatable bonds is 6. The SMILES string of the molecule is CCC(Cl)CCNS(=O)(=O)c1cnc(C)[nH]1. The highest BCUT2D eigenvalue weighted by Crippen LogP contribution is 2.07. The molecule has 0 aliphatic rings. The molecule has 0 saturated carbocycles. The summed E-state index contributed by atoms with van der Waals surface area (Å²) in [5, 5.41) is 0.0961. The summed E-state index contributed by atoms with van der Waals surface area (Å²) in [6, 6.07) is 0. The molecule has 0 amide bonds. The highest BCUT2D eigenvalue weighted by atomic mass is 35.5. The molecule has 1 heterocycles. The molecule has 92 valence electrons. The molecule has 0 aromatic carbocycles. The molecule has 1 aromatic heterocycles. The van der Waals surface area contributed by atoms with E-state index in [0.29, 0.717) is 18.8 Å². The van der Waals surface area contributed by atoms with Crippen LogP contribution in [0, 0.1) is 6.92 Å². The molecular formula is C9H16ClN3O2S. The number of imidazole rings is 1. The number of sulfonamides is 1. The molecule has 0 spiro atoms. The Morgan fingerprint density at radius 1 is 1.62 bits per heavy atom. The van der Waals surface area contributed by atoms with Gasteiger partial charge in [0.1, 0.15) is 5.82 Å². The molecule has 1 unspecified atom stereocenters. The molecule has 7 heteroatoms. The van der Waals surface area contributed by atoms with Crippen molar-refractivity contribution in [1.82, 2.24) is 14.7 Å². The second-order valence-electron chi connectivity index (χ2n) is 3.52. The first-order valence-corrected chi connectivity index (χ1v) is 7.03. The van der Waals surface area contributed by atoms with Crippen molar-refractivity contribution in [1.29, 1.82) is 0 Å². The summed E-state index contributed by atoms with van der Waals surface area (Å²) in [6.07, 6.45) is 2.74. The largest absolute Gasteiger partial charge is 0.332 e. The molecule has 1 atom stereocenters. The smallest absolute Gasteiger partial charge is 0.257 e. The van der Waals surface area contributed by atoms with Crippen LogP contribution in [-0.2, 0) is 10.0 Å². The molecule has 0 radical (unpaired) electrons. The van der Waals surface area contributed by atoms with E-state index in [1.165, 1.54) is 6.20 Å². The van der Waals surface area contributed by atoms with Gasteiger partial charge in [-0.2, -0.15) is 0 Å². The summed E-state index contributed by atoms with van der Waals surface area (Å²) in [5.74, 6) is 0.573. The van der Waals surface area contributed by atoms with Gasteiger partial charge in [-0.25, -0.2) is 18.1 Å². The van der Waals surface area contributed by atoms with Gasteiger partial charge in [-0.05, 0) is 19.8 Å². The van der Waals surface area contributed by atoms with Gasteiger partial charge >= 0.3 is 0 Å². The minimum absolute atomic E-state index is 0.00574. The predicted octanol–water partition coefficient (Wildman–Crippen LogP) is 1.40. The zero-order chi connectivity index (χ0) is 12.2. The van der Waals surface area contributed by atoms with Gasteiger partial charge in [-0.1, -0.05) is 6.92 Å². The summed E-state index contributed by atoms with van der Waals surface area (Å²) in [5.41, 5.74) is 0. The van der Waals surface area contributed by atoms with Crippen molar-refractivity contribution in [2.75, 3.05) is 6.54 Å². The zero-order valence-corrected chi connectivity index (χ0v) is 10.9. The Kier molecular flexibility index (Phi) is 4.76. The van der Waals surface area contributed by atoms with Gasteiger partial charge in [0.05, 0.1) is 6.20 Å². The van der Waals surface area contributed by atoms with Gasteiger partial charge in [-0.15, -0.1) is 11.6 Å². The Morgan fingerprint density at radius 2 is 2.31 bits per heavy atom. The maximum Gasteiger partial charge on any atom is 0.257 e. The number of alkyl halides is 1. The number of hydrogen-bond acceptors (Lipinski definition) is 3. The Labute approximate surface area is 101 Å². The van der Waals surface area contributed by atoms with Gasteiger partial charge in [0.25, 0.3) is 10.0 Å². The van der Waals surface area contributed by atoms with Crippen LogP contribution >= 0.6 is 11.6 Å². The van der Waals surface area contributed by atoms with E-state index < -0.39 is 10.0 Å². The van der Waals surface area contributed by atoms with E-state index in [-0.39, 0.29) is 10.4 Å². The average Bonchev–Trinajstić information content (AvgIpc) is 2.65. The maximum absolute atomic E-state index is 11.7. The molecule has 0 bridgehead atoms. The average molecular weight is 266 g/mol. The van der Waals surface area contributed by atoms with Crippen molar-refractivity contribution < 1.29 is 8.42 Å². The van der Waals surface area contributed by atoms with Gasteiger partial charge in [0.2, 0.25) is 0 Å². The van der Waals surface area contributed by atoms with Crippen LogP contribution in [0.15, 0.2) is 11.2 Å². The molecule has 0 saturated heterocycles. The standard InChI is InChI=1S/C9H16ClN3O2S/c1-3-8(10)4-5-12-16(14,15)9-6-11-7(2)13-9/h6,8,12H,3-5H2,1-2H3,(H,11,13). The summed E-state index contributed by atoms with van der Waals surface area (Å²) in [6.45, 7) is 4.00. The fourth-order valence-corrected chi connectivity index (χ4v) is 2.29. The number of hydrogen-bond donors (Lipinski definition) is 2. The normalized spacial score (nSPS) is 13.9. The van der Waals surface area contributed by atoms with Crippen LogP contribution < -0.4 is 4.72 Å². The first-order chi connectivity index (χ1) is 7.45. The fourth-order valence-electron chi connectivity index (χ4n) is 1.17. The zero-order valence-electron chi connectivity index (χ0n) is 9.33. The van der Waals surface area contributed by atoms with E-state index in [2.05, 4.69) is 14.7 Å². The number of nitrogens with zero attached hydrogens (tertiary/aromatic N) is 1. The Bertz CT molecular complexity index is 430. The molecule has 16 heavy (non-hydrogen) atoms. The van der Waals surface area contributed by atoms with Crippen LogP contribution in [0.25, 0.3) is 0 Å². The van der Waals surface area contributed by atoms with Gasteiger partial charge in [0, 0.05) is 11.9 Å². The van der Waals surface area contributed by atoms with E-state index in [1.54, 1.807) is 6.92 Å². The molecular weight excluding hydrogens is 250 g/mol. The first kappa shape index (κ1) is 13.5. The van der Waals surface area contributed by atoms with Gasteiger partial charge < -0.3 is 4.98 Å². The minimum Gasteiger partial charge on any atom is -0.332 e. The lowest BCUT2D eigenvalue weighted by Crippen LogP contribution is -2.26. The number of H-pyrrole nitrogens is 1. The number of aryl methyl sites for hydroxylation is 1. The van der Waals surface area contributed by atoms with E-state index in [0.717, 1.165) is 6.42 Å². The number of aromatic amines is 1. The third-order valence-corrected chi connectivity index (χ3v) is 4.06. The van der Waals surface area contributed by atoms with E-state index in [1.807, 2.05) is 6.92 Å². The first-order valence-electron chi connectivity index (χ1n) is 5.11. The Morgan fingerprint density at radius 3 is 2.81 bits per heavy atom. The van der Waals surface area contributed by atoms with Crippen LogP contribution in [0.2, 0.25) is 0 Å². The van der Waals surface area contributed by atoms with Crippen molar-refractivity contribution >= 4 is 21.6 Å². The lowest BCUT2D eigenvalue weighted by Gasteiger charge is -2.07. The molecule has 0 fully saturated rings. The molecule has 1 rings (SSSR count). The molecule has 1 aromatic rings. The van der Waals surface area contributed by atoms with Gasteiger partial charge in [-0.3, -0.25) is 0 Å². The van der Waals surface area contributed by atoms with Gasteiger partial charge in [0.15, 0.2) is 5.03 Å². The van der Waals surface area contributed by atoms with Crippen molar-refractivity contribution in [3.63, 3.8) is 0 Å². The summed E-state index contributed by atoms with van der Waals surface area (Å²) in [7, 11) is -3.47. The molecule has 0 aliphatic heterocycles. The van der Waals surface area contributed by atoms with E-state index in [4.69, 9.17) is 11.6 Å². The topological polar surface area (TPSA) is 74.8 Å². The van der Waals surface area contributed by atoms with Crippen molar-refractivity contribution in [3.8, 4) is 0 Å². The number of aromatic nitrogens is 2. The fraction of sp³-hybridized carbons (Fsp3) is 0.667. The summed E-state index contributed by atoms with van der Waals surface area (Å²) >= 11 is 5.89. The third kappa shape index (κ3) is 3.77. The third-order valence-electron chi connectivity index (χ3n) is 2.16. The molecule has 0 aliphatic carbocycles. The van der Waals surface area contributed by atoms with Crippen molar-refractivity contribution in [2.24, 2.45) is 0 Å². The molecule has 2 N–H and O–H groups in total. The second kappa shape index (κ2) is 5.65. The van der Waals surface area contributed by atoms with E-state index >= 15 is 0 Å². The minimum atomic E-state index is -3.47. The highest BCUT2D eigenvalue weighted by molar-refractivity contribution is 7.89. The Balaban J connectivity index is 2.53. The summed E-state index contributed by atoms with van der Waals surface area (Å²) < 4.78 is 25.9. The van der Waals surface area contributed by atoms with Crippen LogP contribution in [0.5, 0.6) is 0 Å². The molecule has 5 nitrogen and oxygen atoms in total. The lowest BCUT2D eigenvalue weighted by molar-refractivity contribution is 0.573. The number of nitrogens with one attached hydrogen (secondary N) is 2. The van der Waals surface area contributed by atoms with Crippen LogP contribution in [0.1, 0.15) is 25.6 Å². The van der Waals surface area contributed by atoms with Crippen molar-refractivity contribution in [2.45, 2.75) is 37.1 Å². The number of halogens is 1. The monoisotopic (exact) mass is 265 g/mol. The predicted molar refractivity (Wildman–Crippen MR) is 63.1 cm³/mol. The lowest BCUT2D eigenvalue weighted by atomic mass is 10.2. The Hall–Kier alpha value is -0.590. The quantitative estimate of drug-likeness (QED) is 0.764. The van der Waals surface area contributed by atoms with Crippen LogP contribution in [0.3, 0.4) is 0 Å². The van der Waals surface area contributed by atoms with Crippen molar-refractivity contribution in [3.05, 3.63) is 12.0 Å². The van der Waals surface area contributed by atoms with Crippen LogP contribution in [0.4, 0.5) is 0 Å². The van der Waals surface area contributed by atoms with E-state index in [9.17, 15) is 8.42 Å². The second-order valence-corrected chi connectivity index (χ2v) is 5.88. The highest BCUT2D eigenvalue weighted by Gasteiger charge is 2.16. The summed E-state index contributed by atoms with van der Waals surface area (Å²) in [4.78, 5) is 6.52. The maximum atomic E-state index is 11.7. The van der Waals surface area contributed by atoms with Crippen LogP contribution in [-0.4, -0.2) is 30.3 Å².